The smallest absolute Gasteiger partial charge is 0.298 e. The first-order valence-electron chi connectivity index (χ1n) is 3.65. The van der Waals surface area contributed by atoms with Crippen molar-refractivity contribution < 1.29 is 9.53 Å². The molecule has 13 heavy (non-hydrogen) atoms. The Hall–Kier alpha value is -2.04. The fourth-order valence-corrected chi connectivity index (χ4v) is 1.15. The minimum absolute atomic E-state index is 0.376. The van der Waals surface area contributed by atoms with Crippen molar-refractivity contribution in [3.63, 3.8) is 0 Å². The number of nitrogens with one attached hydrogen (secondary N) is 1. The van der Waals surface area contributed by atoms with Gasteiger partial charge in [0.1, 0.15) is 5.75 Å². The van der Waals surface area contributed by atoms with Gasteiger partial charge in [-0.3, -0.25) is 9.89 Å². The van der Waals surface area contributed by atoms with Gasteiger partial charge in [-0.2, -0.15) is 5.10 Å². The molecule has 2 aromatic rings. The van der Waals surface area contributed by atoms with Crippen LogP contribution in [0.2, 0.25) is 0 Å². The van der Waals surface area contributed by atoms with Crippen LogP contribution in [0.3, 0.4) is 0 Å². The second-order valence-corrected chi connectivity index (χ2v) is 2.53. The zero-order valence-corrected chi connectivity index (χ0v) is 6.65. The molecule has 5 nitrogen and oxygen atoms in total. The van der Waals surface area contributed by atoms with Crippen molar-refractivity contribution in [3.8, 4) is 5.75 Å². The summed E-state index contributed by atoms with van der Waals surface area (Å²) in [7, 11) is 0. The highest BCUT2D eigenvalue weighted by Crippen LogP contribution is 2.22. The Kier molecular flexibility index (Phi) is 1.63. The Labute approximate surface area is 73.5 Å². The number of carbonyl (C=O) groups is 1. The van der Waals surface area contributed by atoms with Gasteiger partial charge in [0.15, 0.2) is 5.82 Å². The van der Waals surface area contributed by atoms with Crippen LogP contribution >= 0.6 is 0 Å². The summed E-state index contributed by atoms with van der Waals surface area (Å²) in [5, 5.41) is 7.34. The summed E-state index contributed by atoms with van der Waals surface area (Å²) in [5.41, 5.74) is 6.29. The first kappa shape index (κ1) is 7.60. The largest absolute Gasteiger partial charge is 0.429 e. The van der Waals surface area contributed by atoms with Crippen molar-refractivity contribution in [1.82, 2.24) is 10.2 Å². The van der Waals surface area contributed by atoms with Gasteiger partial charge in [0.2, 0.25) is 0 Å². The third-order valence-electron chi connectivity index (χ3n) is 1.75. The van der Waals surface area contributed by atoms with Gasteiger partial charge in [-0.25, -0.2) is 0 Å². The SMILES string of the molecule is Nc1n[nH]c2cc(OC=O)ccc12. The van der Waals surface area contributed by atoms with Crippen molar-refractivity contribution in [2.24, 2.45) is 0 Å². The Morgan fingerprint density at radius 3 is 3.15 bits per heavy atom. The normalized spacial score (nSPS) is 10.2. The van der Waals surface area contributed by atoms with Crippen molar-refractivity contribution in [2.45, 2.75) is 0 Å². The summed E-state index contributed by atoms with van der Waals surface area (Å²) in [6.45, 7) is 0.376. The van der Waals surface area contributed by atoms with Crippen molar-refractivity contribution in [2.75, 3.05) is 5.73 Å². The van der Waals surface area contributed by atoms with E-state index >= 15 is 0 Å². The Balaban J connectivity index is 2.56. The topological polar surface area (TPSA) is 81.0 Å². The van der Waals surface area contributed by atoms with Gasteiger partial charge in [0, 0.05) is 11.5 Å². The fraction of sp³-hybridized carbons (Fsp3) is 0. The summed E-state index contributed by atoms with van der Waals surface area (Å²) in [4.78, 5) is 10.0. The standard InChI is InChI=1S/C8H7N3O2/c9-8-6-2-1-5(13-4-12)3-7(6)10-11-8/h1-4H,(H3,9,10,11). The summed E-state index contributed by atoms with van der Waals surface area (Å²) < 4.78 is 4.65. The molecule has 0 aliphatic carbocycles. The summed E-state index contributed by atoms with van der Waals surface area (Å²) in [6.07, 6.45) is 0. The highest BCUT2D eigenvalue weighted by molar-refractivity contribution is 5.89. The molecular formula is C8H7N3O2. The second kappa shape index (κ2) is 2.78. The van der Waals surface area contributed by atoms with E-state index in [0.29, 0.717) is 18.0 Å². The quantitative estimate of drug-likeness (QED) is 0.661. The van der Waals surface area contributed by atoms with E-state index in [1.807, 2.05) is 0 Å². The number of hydrogen-bond donors (Lipinski definition) is 2. The molecule has 0 bridgehead atoms. The number of ether oxygens (including phenoxy) is 1. The number of nitrogens with two attached hydrogens (primary N) is 1. The van der Waals surface area contributed by atoms with Gasteiger partial charge in [-0.05, 0) is 12.1 Å². The zero-order valence-electron chi connectivity index (χ0n) is 6.65. The van der Waals surface area contributed by atoms with Crippen LogP contribution in [0.1, 0.15) is 0 Å². The third kappa shape index (κ3) is 1.20. The molecule has 1 aromatic heterocycles. The van der Waals surface area contributed by atoms with Gasteiger partial charge in [0.05, 0.1) is 5.52 Å². The van der Waals surface area contributed by atoms with Crippen molar-refractivity contribution >= 4 is 23.2 Å². The maximum Gasteiger partial charge on any atom is 0.298 e. The molecule has 66 valence electrons. The molecule has 0 spiro atoms. The number of anilines is 1. The molecule has 0 aliphatic rings. The summed E-state index contributed by atoms with van der Waals surface area (Å²) in [5.74, 6) is 0.902. The molecule has 0 amide bonds. The molecule has 0 aliphatic heterocycles. The molecule has 1 heterocycles. The van der Waals surface area contributed by atoms with E-state index in [9.17, 15) is 4.79 Å². The molecule has 1 aromatic carbocycles. The van der Waals surface area contributed by atoms with E-state index in [-0.39, 0.29) is 0 Å². The van der Waals surface area contributed by atoms with Crippen LogP contribution in [-0.2, 0) is 4.79 Å². The van der Waals surface area contributed by atoms with E-state index in [4.69, 9.17) is 5.73 Å². The number of aromatic amines is 1. The van der Waals surface area contributed by atoms with Crippen LogP contribution in [0, 0.1) is 0 Å². The zero-order chi connectivity index (χ0) is 9.26. The number of nitrogens with zero attached hydrogens (tertiary/aromatic N) is 1. The van der Waals surface area contributed by atoms with E-state index in [2.05, 4.69) is 14.9 Å². The minimum atomic E-state index is 0.376. The van der Waals surface area contributed by atoms with E-state index in [1.165, 1.54) is 0 Å². The lowest BCUT2D eigenvalue weighted by molar-refractivity contribution is -0.120. The number of rotatable bonds is 2. The average molecular weight is 177 g/mol. The maximum atomic E-state index is 10.0. The highest BCUT2D eigenvalue weighted by atomic mass is 16.5. The van der Waals surface area contributed by atoms with Crippen molar-refractivity contribution in [3.05, 3.63) is 18.2 Å². The molecule has 3 N–H and O–H groups in total. The maximum absolute atomic E-state index is 10.0. The number of H-pyrrole nitrogens is 1. The molecular weight excluding hydrogens is 170 g/mol. The molecule has 0 fully saturated rings. The minimum Gasteiger partial charge on any atom is -0.429 e. The summed E-state index contributed by atoms with van der Waals surface area (Å²) in [6, 6.07) is 5.06. The van der Waals surface area contributed by atoms with E-state index in [0.717, 1.165) is 10.9 Å². The lowest BCUT2D eigenvalue weighted by atomic mass is 10.2. The Bertz CT molecular complexity index is 450. The second-order valence-electron chi connectivity index (χ2n) is 2.53. The van der Waals surface area contributed by atoms with Gasteiger partial charge >= 0.3 is 0 Å². The number of aromatic nitrogens is 2. The van der Waals surface area contributed by atoms with Gasteiger partial charge < -0.3 is 10.5 Å². The van der Waals surface area contributed by atoms with Crippen LogP contribution in [0.15, 0.2) is 18.2 Å². The van der Waals surface area contributed by atoms with Gasteiger partial charge in [-0.15, -0.1) is 0 Å². The first-order chi connectivity index (χ1) is 6.31. The number of hydrogen-bond acceptors (Lipinski definition) is 4. The molecule has 5 heteroatoms. The number of nitrogen functional groups attached to an aromatic ring is 1. The lowest BCUT2D eigenvalue weighted by Crippen LogP contribution is -1.87. The first-order valence-corrected chi connectivity index (χ1v) is 3.65. The molecule has 0 unspecified atom stereocenters. The van der Waals surface area contributed by atoms with Crippen molar-refractivity contribution in [1.29, 1.82) is 0 Å². The number of carbonyl (C=O) groups excluding carboxylic acids is 1. The van der Waals surface area contributed by atoms with Crippen LogP contribution < -0.4 is 10.5 Å². The molecule has 0 radical (unpaired) electrons. The third-order valence-corrected chi connectivity index (χ3v) is 1.75. The molecule has 0 saturated carbocycles. The van der Waals surface area contributed by atoms with Crippen LogP contribution in [0.25, 0.3) is 10.9 Å². The van der Waals surface area contributed by atoms with Crippen LogP contribution in [0.4, 0.5) is 5.82 Å². The Morgan fingerprint density at radius 2 is 2.38 bits per heavy atom. The van der Waals surface area contributed by atoms with Crippen LogP contribution in [-0.4, -0.2) is 16.7 Å². The van der Waals surface area contributed by atoms with E-state index < -0.39 is 0 Å². The van der Waals surface area contributed by atoms with Gasteiger partial charge in [-0.1, -0.05) is 0 Å². The van der Waals surface area contributed by atoms with Crippen LogP contribution in [0.5, 0.6) is 5.75 Å². The number of benzene rings is 1. The number of fused-ring (bicyclic) bond motifs is 1. The lowest BCUT2D eigenvalue weighted by Gasteiger charge is -1.95. The fourth-order valence-electron chi connectivity index (χ4n) is 1.15. The highest BCUT2D eigenvalue weighted by Gasteiger charge is 2.02. The molecule has 0 atom stereocenters. The average Bonchev–Trinajstić information content (AvgIpc) is 2.48. The monoisotopic (exact) mass is 177 g/mol. The Morgan fingerprint density at radius 1 is 1.54 bits per heavy atom. The molecule has 0 saturated heterocycles. The predicted molar refractivity (Wildman–Crippen MR) is 47.2 cm³/mol. The van der Waals surface area contributed by atoms with Gasteiger partial charge in [0.25, 0.3) is 6.47 Å². The van der Waals surface area contributed by atoms with E-state index in [1.54, 1.807) is 18.2 Å². The summed E-state index contributed by atoms with van der Waals surface area (Å²) >= 11 is 0. The predicted octanol–water partition coefficient (Wildman–Crippen LogP) is 0.680. The molecule has 2 rings (SSSR count).